The molecule has 178 valence electrons. The summed E-state index contributed by atoms with van der Waals surface area (Å²) in [5, 5.41) is 3.76. The second kappa shape index (κ2) is 11.1. The van der Waals surface area contributed by atoms with E-state index in [1.165, 1.54) is 17.4 Å². The molecular formula is C24H31ClN4O3S. The molecule has 0 fully saturated rings. The van der Waals surface area contributed by atoms with E-state index in [2.05, 4.69) is 22.4 Å². The molecule has 9 heteroatoms. The molecule has 1 aliphatic heterocycles. The maximum absolute atomic E-state index is 12.8. The minimum Gasteiger partial charge on any atom is -0.368 e. The highest BCUT2D eigenvalue weighted by atomic mass is 35.5. The van der Waals surface area contributed by atoms with Gasteiger partial charge in [0.2, 0.25) is 15.9 Å². The first kappa shape index (κ1) is 25.2. The molecule has 1 aliphatic rings. The van der Waals surface area contributed by atoms with Crippen LogP contribution in [-0.4, -0.2) is 69.6 Å². The Balaban J connectivity index is 1.44. The van der Waals surface area contributed by atoms with Crippen LogP contribution in [0.2, 0.25) is 5.02 Å². The van der Waals surface area contributed by atoms with Crippen molar-refractivity contribution in [1.29, 1.82) is 0 Å². The highest BCUT2D eigenvalue weighted by Gasteiger charge is 2.23. The predicted octanol–water partition coefficient (Wildman–Crippen LogP) is 3.10. The molecule has 1 heterocycles. The van der Waals surface area contributed by atoms with Gasteiger partial charge in [0.15, 0.2) is 0 Å². The fraction of sp³-hybridized carbons (Fsp3) is 0.417. The number of amides is 1. The van der Waals surface area contributed by atoms with E-state index in [0.29, 0.717) is 30.0 Å². The van der Waals surface area contributed by atoms with Crippen LogP contribution in [0.3, 0.4) is 0 Å². The van der Waals surface area contributed by atoms with E-state index in [4.69, 9.17) is 11.6 Å². The Labute approximate surface area is 201 Å². The van der Waals surface area contributed by atoms with Crippen molar-refractivity contribution in [2.24, 2.45) is 4.99 Å². The Morgan fingerprint density at radius 1 is 1.12 bits per heavy atom. The number of likely N-dealkylation sites (N-methyl/N-ethyl adjacent to an activating group) is 1. The van der Waals surface area contributed by atoms with E-state index < -0.39 is 10.0 Å². The molecule has 1 N–H and O–H groups in total. The summed E-state index contributed by atoms with van der Waals surface area (Å²) in [6.07, 6.45) is 1.50. The van der Waals surface area contributed by atoms with Crippen LogP contribution in [0.1, 0.15) is 29.5 Å². The lowest BCUT2D eigenvalue weighted by molar-refractivity contribution is -0.130. The molecular weight excluding hydrogens is 460 g/mol. The highest BCUT2D eigenvalue weighted by molar-refractivity contribution is 7.89. The molecule has 1 amide bonds. The zero-order valence-corrected chi connectivity index (χ0v) is 20.9. The van der Waals surface area contributed by atoms with Gasteiger partial charge in [-0.3, -0.25) is 9.79 Å². The van der Waals surface area contributed by atoms with Gasteiger partial charge >= 0.3 is 0 Å². The van der Waals surface area contributed by atoms with Crippen molar-refractivity contribution >= 4 is 33.4 Å². The SMILES string of the molecule is Cc1cc(Cl)ccc1S(=O)(=O)N(C)CCCC(=O)N(C)CCc1ccc(C2=NCCN2)cc1. The van der Waals surface area contributed by atoms with Gasteiger partial charge in [-0.1, -0.05) is 35.9 Å². The maximum Gasteiger partial charge on any atom is 0.243 e. The molecule has 0 bridgehead atoms. The van der Waals surface area contributed by atoms with Crippen molar-refractivity contribution in [2.45, 2.75) is 31.1 Å². The normalized spacial score (nSPS) is 13.7. The van der Waals surface area contributed by atoms with E-state index in [0.717, 1.165) is 36.5 Å². The van der Waals surface area contributed by atoms with Crippen molar-refractivity contribution in [3.63, 3.8) is 0 Å². The number of hydrogen-bond acceptors (Lipinski definition) is 5. The van der Waals surface area contributed by atoms with Crippen LogP contribution in [0.25, 0.3) is 0 Å². The number of nitrogens with zero attached hydrogens (tertiary/aromatic N) is 3. The number of sulfonamides is 1. The summed E-state index contributed by atoms with van der Waals surface area (Å²) >= 11 is 5.94. The summed E-state index contributed by atoms with van der Waals surface area (Å²) < 4.78 is 26.9. The van der Waals surface area contributed by atoms with E-state index in [1.807, 2.05) is 12.1 Å². The van der Waals surface area contributed by atoms with E-state index in [9.17, 15) is 13.2 Å². The summed E-state index contributed by atoms with van der Waals surface area (Å²) in [7, 11) is -0.305. The van der Waals surface area contributed by atoms with Gasteiger partial charge in [-0.25, -0.2) is 12.7 Å². The zero-order chi connectivity index (χ0) is 24.0. The molecule has 2 aromatic rings. The minimum atomic E-state index is -3.62. The number of amidine groups is 1. The van der Waals surface area contributed by atoms with Gasteiger partial charge in [0.25, 0.3) is 0 Å². The molecule has 0 spiro atoms. The Bertz CT molecular complexity index is 1120. The minimum absolute atomic E-state index is 0.00426. The summed E-state index contributed by atoms with van der Waals surface area (Å²) in [6, 6.07) is 12.9. The second-order valence-electron chi connectivity index (χ2n) is 8.26. The Hall–Kier alpha value is -2.42. The largest absolute Gasteiger partial charge is 0.368 e. The van der Waals surface area contributed by atoms with Crippen molar-refractivity contribution in [3.8, 4) is 0 Å². The van der Waals surface area contributed by atoms with Crippen LogP contribution >= 0.6 is 11.6 Å². The Morgan fingerprint density at radius 2 is 1.85 bits per heavy atom. The van der Waals surface area contributed by atoms with Gasteiger partial charge in [0.1, 0.15) is 5.84 Å². The fourth-order valence-electron chi connectivity index (χ4n) is 3.68. The second-order valence-corrected chi connectivity index (χ2v) is 10.7. The smallest absolute Gasteiger partial charge is 0.243 e. The first-order chi connectivity index (χ1) is 15.7. The average Bonchev–Trinajstić information content (AvgIpc) is 3.32. The lowest BCUT2D eigenvalue weighted by Crippen LogP contribution is -2.31. The maximum atomic E-state index is 12.8. The van der Waals surface area contributed by atoms with Crippen LogP contribution in [0.4, 0.5) is 0 Å². The number of aryl methyl sites for hydroxylation is 1. The summed E-state index contributed by atoms with van der Waals surface area (Å²) in [6.45, 7) is 4.29. The van der Waals surface area contributed by atoms with Crippen LogP contribution in [0, 0.1) is 6.92 Å². The van der Waals surface area contributed by atoms with Crippen LogP contribution in [-0.2, 0) is 21.2 Å². The van der Waals surface area contributed by atoms with Crippen molar-refractivity contribution in [1.82, 2.24) is 14.5 Å². The number of aliphatic imine (C=N–C) groups is 1. The van der Waals surface area contributed by atoms with Crippen LogP contribution < -0.4 is 5.32 Å². The van der Waals surface area contributed by atoms with Crippen LogP contribution in [0.15, 0.2) is 52.4 Å². The van der Waals surface area contributed by atoms with Crippen molar-refractivity contribution in [3.05, 3.63) is 64.2 Å². The summed E-state index contributed by atoms with van der Waals surface area (Å²) in [5.74, 6) is 0.941. The average molecular weight is 491 g/mol. The summed E-state index contributed by atoms with van der Waals surface area (Å²) in [4.78, 5) is 18.9. The number of rotatable bonds is 10. The van der Waals surface area contributed by atoms with Gasteiger partial charge in [-0.05, 0) is 49.1 Å². The van der Waals surface area contributed by atoms with Gasteiger partial charge in [0, 0.05) is 50.7 Å². The molecule has 0 saturated carbocycles. The van der Waals surface area contributed by atoms with Gasteiger partial charge < -0.3 is 10.2 Å². The molecule has 0 radical (unpaired) electrons. The standard InChI is InChI=1S/C24H31ClN4O3S/c1-18-17-21(25)10-11-22(18)33(31,32)29(3)15-4-5-23(30)28(2)16-12-19-6-8-20(9-7-19)24-26-13-14-27-24/h6-11,17H,4-5,12-16H2,1-3H3,(H,26,27). The van der Waals surface area contributed by atoms with Gasteiger partial charge in [-0.15, -0.1) is 0 Å². The van der Waals surface area contributed by atoms with Crippen LogP contribution in [0.5, 0.6) is 0 Å². The quantitative estimate of drug-likeness (QED) is 0.554. The third-order valence-electron chi connectivity index (χ3n) is 5.75. The van der Waals surface area contributed by atoms with E-state index in [-0.39, 0.29) is 17.3 Å². The molecule has 7 nitrogen and oxygen atoms in total. The van der Waals surface area contributed by atoms with Gasteiger partial charge in [-0.2, -0.15) is 0 Å². The Morgan fingerprint density at radius 3 is 2.48 bits per heavy atom. The predicted molar refractivity (Wildman–Crippen MR) is 132 cm³/mol. The molecule has 0 atom stereocenters. The lowest BCUT2D eigenvalue weighted by Gasteiger charge is -2.20. The monoisotopic (exact) mass is 490 g/mol. The number of carbonyl (C=O) groups excluding carboxylic acids is 1. The molecule has 0 unspecified atom stereocenters. The van der Waals surface area contributed by atoms with E-state index in [1.54, 1.807) is 31.0 Å². The molecule has 33 heavy (non-hydrogen) atoms. The molecule has 0 saturated heterocycles. The first-order valence-electron chi connectivity index (χ1n) is 11.0. The topological polar surface area (TPSA) is 82.1 Å². The third-order valence-corrected chi connectivity index (χ3v) is 8.00. The third kappa shape index (κ3) is 6.56. The fourth-order valence-corrected chi connectivity index (χ4v) is 5.31. The first-order valence-corrected chi connectivity index (χ1v) is 12.8. The molecule has 0 aromatic heterocycles. The number of benzene rings is 2. The summed E-state index contributed by atoms with van der Waals surface area (Å²) in [5.41, 5.74) is 2.83. The van der Waals surface area contributed by atoms with Gasteiger partial charge in [0.05, 0.1) is 11.4 Å². The molecule has 2 aromatic carbocycles. The number of halogens is 1. The number of carbonyl (C=O) groups is 1. The van der Waals surface area contributed by atoms with Crippen molar-refractivity contribution < 1.29 is 13.2 Å². The molecule has 3 rings (SSSR count). The van der Waals surface area contributed by atoms with Crippen molar-refractivity contribution in [2.75, 3.05) is 40.3 Å². The lowest BCUT2D eigenvalue weighted by atomic mass is 10.1. The highest BCUT2D eigenvalue weighted by Crippen LogP contribution is 2.22. The van der Waals surface area contributed by atoms with E-state index >= 15 is 0 Å². The number of nitrogens with one attached hydrogen (secondary N) is 1. The zero-order valence-electron chi connectivity index (χ0n) is 19.3. The molecule has 0 aliphatic carbocycles. The Kier molecular flexibility index (Phi) is 8.51. The number of hydrogen-bond donors (Lipinski definition) is 1.